The second kappa shape index (κ2) is 5.24. The zero-order valence-corrected chi connectivity index (χ0v) is 11.0. The van der Waals surface area contributed by atoms with Crippen molar-refractivity contribution in [3.8, 4) is 22.9 Å². The largest absolute Gasteiger partial charge is 0.490 e. The van der Waals surface area contributed by atoms with Gasteiger partial charge in [-0.3, -0.25) is 0 Å². The van der Waals surface area contributed by atoms with Crippen molar-refractivity contribution in [2.75, 3.05) is 20.3 Å². The van der Waals surface area contributed by atoms with E-state index in [0.29, 0.717) is 30.5 Å². The van der Waals surface area contributed by atoms with Gasteiger partial charge in [-0.25, -0.2) is 9.78 Å². The number of carbonyl (C=O) groups excluding carboxylic acids is 1. The lowest BCUT2D eigenvalue weighted by atomic mass is 10.2. The first kappa shape index (κ1) is 12.5. The summed E-state index contributed by atoms with van der Waals surface area (Å²) in [6.45, 7) is 1.28. The fourth-order valence-corrected chi connectivity index (χ4v) is 1.99. The summed E-state index contributed by atoms with van der Waals surface area (Å²) in [7, 11) is 1.33. The molecule has 0 aliphatic carbocycles. The number of hydrogen-bond donors (Lipinski definition) is 1. The maximum absolute atomic E-state index is 11.4. The molecule has 0 bridgehead atoms. The lowest BCUT2D eigenvalue weighted by Gasteiger charge is -2.08. The number of aromatic amines is 1. The second-order valence-electron chi connectivity index (χ2n) is 4.35. The van der Waals surface area contributed by atoms with Gasteiger partial charge in [0.05, 0.1) is 26.5 Å². The molecule has 1 aliphatic heterocycles. The summed E-state index contributed by atoms with van der Waals surface area (Å²) in [4.78, 5) is 18.5. The van der Waals surface area contributed by atoms with Gasteiger partial charge < -0.3 is 19.2 Å². The molecule has 1 aliphatic rings. The van der Waals surface area contributed by atoms with E-state index < -0.39 is 5.97 Å². The molecule has 1 N–H and O–H groups in total. The molecule has 6 nitrogen and oxygen atoms in total. The van der Waals surface area contributed by atoms with Crippen molar-refractivity contribution in [1.29, 1.82) is 0 Å². The molecule has 1 aromatic heterocycles. The van der Waals surface area contributed by atoms with E-state index in [2.05, 4.69) is 14.7 Å². The van der Waals surface area contributed by atoms with Crippen LogP contribution in [0.3, 0.4) is 0 Å². The molecule has 2 heterocycles. The van der Waals surface area contributed by atoms with Gasteiger partial charge in [-0.1, -0.05) is 0 Å². The number of nitrogens with zero attached hydrogens (tertiary/aromatic N) is 1. The Morgan fingerprint density at radius 1 is 1.30 bits per heavy atom. The van der Waals surface area contributed by atoms with E-state index in [-0.39, 0.29) is 0 Å². The third kappa shape index (κ3) is 2.32. The summed E-state index contributed by atoms with van der Waals surface area (Å²) in [5.41, 5.74) is 1.14. The first-order valence-electron chi connectivity index (χ1n) is 6.31. The minimum Gasteiger partial charge on any atom is -0.490 e. The Bertz CT molecular complexity index is 636. The van der Waals surface area contributed by atoms with Crippen molar-refractivity contribution in [1.82, 2.24) is 9.97 Å². The lowest BCUT2D eigenvalue weighted by molar-refractivity contribution is 0.0595. The number of nitrogens with one attached hydrogen (secondary N) is 1. The maximum Gasteiger partial charge on any atom is 0.356 e. The molecule has 0 spiro atoms. The van der Waals surface area contributed by atoms with Gasteiger partial charge in [-0.15, -0.1) is 0 Å². The Balaban J connectivity index is 1.92. The highest BCUT2D eigenvalue weighted by Gasteiger charge is 2.14. The molecule has 20 heavy (non-hydrogen) atoms. The number of esters is 1. The van der Waals surface area contributed by atoms with Crippen LogP contribution in [0.2, 0.25) is 0 Å². The summed E-state index contributed by atoms with van der Waals surface area (Å²) in [5.74, 6) is 1.56. The number of ether oxygens (including phenoxy) is 3. The van der Waals surface area contributed by atoms with E-state index in [0.717, 1.165) is 17.7 Å². The number of methoxy groups -OCH3 is 1. The molecular formula is C14H14N2O4. The number of H-pyrrole nitrogens is 1. The number of aromatic nitrogens is 2. The van der Waals surface area contributed by atoms with Crippen LogP contribution < -0.4 is 9.47 Å². The van der Waals surface area contributed by atoms with Crippen LogP contribution in [-0.2, 0) is 4.74 Å². The topological polar surface area (TPSA) is 73.4 Å². The van der Waals surface area contributed by atoms with E-state index in [4.69, 9.17) is 9.47 Å². The summed E-state index contributed by atoms with van der Waals surface area (Å²) >= 11 is 0. The molecular weight excluding hydrogens is 260 g/mol. The van der Waals surface area contributed by atoms with Crippen LogP contribution in [0.5, 0.6) is 11.5 Å². The van der Waals surface area contributed by atoms with Gasteiger partial charge in [-0.2, -0.15) is 0 Å². The SMILES string of the molecule is COC(=O)c1cnc(-c2ccc3c(c2)OCCCO3)[nH]1. The quantitative estimate of drug-likeness (QED) is 0.848. The standard InChI is InChI=1S/C14H14N2O4/c1-18-14(17)10-8-15-13(16-10)9-3-4-11-12(7-9)20-6-2-5-19-11/h3-4,7-8H,2,5-6H2,1H3,(H,15,16). The van der Waals surface area contributed by atoms with Crippen molar-refractivity contribution in [3.05, 3.63) is 30.1 Å². The average Bonchev–Trinajstić information content (AvgIpc) is 2.85. The van der Waals surface area contributed by atoms with Gasteiger partial charge in [0.15, 0.2) is 11.5 Å². The van der Waals surface area contributed by atoms with Gasteiger partial charge in [0.1, 0.15) is 11.5 Å². The zero-order chi connectivity index (χ0) is 13.9. The number of rotatable bonds is 2. The Kier molecular flexibility index (Phi) is 3.28. The molecule has 104 valence electrons. The monoisotopic (exact) mass is 274 g/mol. The number of carbonyl (C=O) groups is 1. The van der Waals surface area contributed by atoms with Crippen molar-refractivity contribution in [2.45, 2.75) is 6.42 Å². The van der Waals surface area contributed by atoms with Gasteiger partial charge in [0, 0.05) is 12.0 Å². The van der Waals surface area contributed by atoms with Gasteiger partial charge in [0.25, 0.3) is 0 Å². The molecule has 0 atom stereocenters. The molecule has 1 aromatic carbocycles. The summed E-state index contributed by atoms with van der Waals surface area (Å²) < 4.78 is 15.8. The molecule has 6 heteroatoms. The fourth-order valence-electron chi connectivity index (χ4n) is 1.99. The minimum absolute atomic E-state index is 0.314. The Morgan fingerprint density at radius 3 is 2.90 bits per heavy atom. The van der Waals surface area contributed by atoms with Gasteiger partial charge in [-0.05, 0) is 18.2 Å². The number of hydrogen-bond acceptors (Lipinski definition) is 5. The van der Waals surface area contributed by atoms with Crippen LogP contribution in [0, 0.1) is 0 Å². The number of benzene rings is 1. The van der Waals surface area contributed by atoms with E-state index in [9.17, 15) is 4.79 Å². The van der Waals surface area contributed by atoms with Crippen LogP contribution in [-0.4, -0.2) is 36.3 Å². The van der Waals surface area contributed by atoms with E-state index >= 15 is 0 Å². The third-order valence-corrected chi connectivity index (χ3v) is 3.00. The van der Waals surface area contributed by atoms with Crippen molar-refractivity contribution in [3.63, 3.8) is 0 Å². The van der Waals surface area contributed by atoms with Crippen molar-refractivity contribution >= 4 is 5.97 Å². The molecule has 3 rings (SSSR count). The molecule has 0 saturated carbocycles. The highest BCUT2D eigenvalue weighted by Crippen LogP contribution is 2.33. The Labute approximate surface area is 115 Å². The summed E-state index contributed by atoms with van der Waals surface area (Å²) in [5, 5.41) is 0. The highest BCUT2D eigenvalue weighted by molar-refractivity contribution is 5.87. The van der Waals surface area contributed by atoms with Crippen molar-refractivity contribution < 1.29 is 19.0 Å². The number of fused-ring (bicyclic) bond motifs is 1. The molecule has 0 unspecified atom stereocenters. The predicted octanol–water partition coefficient (Wildman–Crippen LogP) is 2.02. The zero-order valence-electron chi connectivity index (χ0n) is 11.0. The predicted molar refractivity (Wildman–Crippen MR) is 71.0 cm³/mol. The van der Waals surface area contributed by atoms with Crippen LogP contribution in [0.1, 0.15) is 16.9 Å². The first-order valence-corrected chi connectivity index (χ1v) is 6.31. The Hall–Kier alpha value is -2.50. The van der Waals surface area contributed by atoms with Gasteiger partial charge >= 0.3 is 5.97 Å². The van der Waals surface area contributed by atoms with Gasteiger partial charge in [0.2, 0.25) is 0 Å². The van der Waals surface area contributed by atoms with Crippen LogP contribution in [0.15, 0.2) is 24.4 Å². The lowest BCUT2D eigenvalue weighted by Crippen LogP contribution is -2.01. The van der Waals surface area contributed by atoms with E-state index in [1.54, 1.807) is 0 Å². The van der Waals surface area contributed by atoms with E-state index in [1.807, 2.05) is 18.2 Å². The minimum atomic E-state index is -0.446. The highest BCUT2D eigenvalue weighted by atomic mass is 16.5. The van der Waals surface area contributed by atoms with E-state index in [1.165, 1.54) is 13.3 Å². The third-order valence-electron chi connectivity index (χ3n) is 3.00. The van der Waals surface area contributed by atoms with Crippen LogP contribution in [0.4, 0.5) is 0 Å². The molecule has 0 saturated heterocycles. The molecule has 0 radical (unpaired) electrons. The molecule has 0 amide bonds. The summed E-state index contributed by atoms with van der Waals surface area (Å²) in [6, 6.07) is 5.56. The smallest absolute Gasteiger partial charge is 0.356 e. The second-order valence-corrected chi connectivity index (χ2v) is 4.35. The van der Waals surface area contributed by atoms with Crippen LogP contribution in [0.25, 0.3) is 11.4 Å². The fraction of sp³-hybridized carbons (Fsp3) is 0.286. The first-order chi connectivity index (χ1) is 9.78. The van der Waals surface area contributed by atoms with Crippen LogP contribution >= 0.6 is 0 Å². The maximum atomic E-state index is 11.4. The van der Waals surface area contributed by atoms with Crippen molar-refractivity contribution in [2.24, 2.45) is 0 Å². The average molecular weight is 274 g/mol. The normalized spacial score (nSPS) is 13.7. The molecule has 0 fully saturated rings. The summed E-state index contributed by atoms with van der Waals surface area (Å²) in [6.07, 6.45) is 2.31. The number of imidazole rings is 1. The Morgan fingerprint density at radius 2 is 2.10 bits per heavy atom. The molecule has 2 aromatic rings.